The zero-order chi connectivity index (χ0) is 48.3. The molecule has 2 bridgehead atoms. The van der Waals surface area contributed by atoms with Crippen LogP contribution in [0.1, 0.15) is 47.1 Å². The van der Waals surface area contributed by atoms with Crippen LogP contribution in [0.4, 0.5) is 0 Å². The van der Waals surface area contributed by atoms with Crippen molar-refractivity contribution >= 4 is 41.4 Å². The second kappa shape index (κ2) is 25.1. The molecular weight excluding hydrogens is 867 g/mol. The maximum atomic E-state index is 14.9. The third-order valence-electron chi connectivity index (χ3n) is 12.1. The summed E-state index contributed by atoms with van der Waals surface area (Å²) < 4.78 is 10.2. The first-order chi connectivity index (χ1) is 32.9. The van der Waals surface area contributed by atoms with E-state index in [-0.39, 0.29) is 70.3 Å². The van der Waals surface area contributed by atoms with Gasteiger partial charge in [0.15, 0.2) is 0 Å². The van der Waals surface area contributed by atoms with Crippen LogP contribution in [0.15, 0.2) is 115 Å². The van der Waals surface area contributed by atoms with Gasteiger partial charge in [0.1, 0.15) is 12.1 Å². The molecular formula is C52H61N7O9. The van der Waals surface area contributed by atoms with Gasteiger partial charge in [0.25, 0.3) is 0 Å². The quantitative estimate of drug-likeness (QED) is 0.0849. The molecule has 3 atom stereocenters. The zero-order valence-electron chi connectivity index (χ0n) is 38.4. The Hall–Kier alpha value is -7.17. The Labute approximate surface area is 396 Å². The van der Waals surface area contributed by atoms with Crippen LogP contribution in [-0.2, 0) is 75.3 Å². The number of nitrogens with zero attached hydrogens (tertiary/aromatic N) is 1. The SMILES string of the molecule is COC(=O)Cc1ccc(-c2ccc(C[C@@H]3NC(=O)[C@]4(Cc5ccccc5)CCCN(C4)C(=O)/C=C/C(=O)NCC[C@@H](C(=O)NCCOCCN)NC(=O)Cc4ccccc4CNC3=O)cc2)cc1. The maximum Gasteiger partial charge on any atom is 0.309 e. The molecule has 358 valence electrons. The number of amides is 6. The lowest BCUT2D eigenvalue weighted by molar-refractivity contribution is -0.142. The van der Waals surface area contributed by atoms with Crippen molar-refractivity contribution < 1.29 is 43.0 Å². The summed E-state index contributed by atoms with van der Waals surface area (Å²) in [5.74, 6) is -3.13. The van der Waals surface area contributed by atoms with Crippen molar-refractivity contribution in [2.45, 2.75) is 63.6 Å². The highest BCUT2D eigenvalue weighted by Crippen LogP contribution is 2.35. The molecule has 1 fully saturated rings. The van der Waals surface area contributed by atoms with Gasteiger partial charge in [-0.25, -0.2) is 0 Å². The minimum atomic E-state index is -1.13. The average Bonchev–Trinajstić information content (AvgIpc) is 3.35. The molecule has 2 aliphatic heterocycles. The minimum absolute atomic E-state index is 0.00491. The normalized spacial score (nSPS) is 20.2. The van der Waals surface area contributed by atoms with Crippen molar-refractivity contribution in [1.29, 1.82) is 0 Å². The highest BCUT2D eigenvalue weighted by molar-refractivity contribution is 5.97. The Morgan fingerprint density at radius 3 is 2.19 bits per heavy atom. The Morgan fingerprint density at radius 2 is 1.49 bits per heavy atom. The topological polar surface area (TPSA) is 227 Å². The summed E-state index contributed by atoms with van der Waals surface area (Å²) in [5.41, 5.74) is 9.95. The molecule has 2 heterocycles. The van der Waals surface area contributed by atoms with Gasteiger partial charge in [-0.2, -0.15) is 0 Å². The van der Waals surface area contributed by atoms with Gasteiger partial charge < -0.3 is 46.7 Å². The van der Waals surface area contributed by atoms with E-state index in [1.807, 2.05) is 78.9 Å². The van der Waals surface area contributed by atoms with Crippen molar-refractivity contribution in [3.05, 3.63) is 143 Å². The lowest BCUT2D eigenvalue weighted by Gasteiger charge is -2.42. The summed E-state index contributed by atoms with van der Waals surface area (Å²) in [4.78, 5) is 96.4. The number of benzene rings is 4. The number of esters is 1. The number of hydrogen-bond donors (Lipinski definition) is 6. The molecule has 0 unspecified atom stereocenters. The Morgan fingerprint density at radius 1 is 0.794 bits per heavy atom. The van der Waals surface area contributed by atoms with Gasteiger partial charge in [-0.3, -0.25) is 33.6 Å². The third-order valence-corrected chi connectivity index (χ3v) is 12.1. The fraction of sp³-hybridized carbons (Fsp3) is 0.365. The summed E-state index contributed by atoms with van der Waals surface area (Å²) in [6, 6.07) is 29.9. The van der Waals surface area contributed by atoms with Crippen LogP contribution in [0.3, 0.4) is 0 Å². The average molecular weight is 928 g/mol. The number of nitrogens with one attached hydrogen (secondary N) is 5. The number of methoxy groups -OCH3 is 1. The van der Waals surface area contributed by atoms with Crippen molar-refractivity contribution in [2.24, 2.45) is 11.1 Å². The highest BCUT2D eigenvalue weighted by Gasteiger charge is 2.44. The Bertz CT molecular complexity index is 2410. The van der Waals surface area contributed by atoms with E-state index in [2.05, 4.69) is 26.6 Å². The largest absolute Gasteiger partial charge is 0.469 e. The van der Waals surface area contributed by atoms with Crippen LogP contribution in [0.5, 0.6) is 0 Å². The van der Waals surface area contributed by atoms with Gasteiger partial charge in [-0.15, -0.1) is 0 Å². The molecule has 7 N–H and O–H groups in total. The molecule has 0 spiro atoms. The van der Waals surface area contributed by atoms with Gasteiger partial charge in [-0.1, -0.05) is 103 Å². The number of rotatable bonds is 13. The van der Waals surface area contributed by atoms with Crippen LogP contribution in [-0.4, -0.2) is 111 Å². The maximum absolute atomic E-state index is 14.9. The lowest BCUT2D eigenvalue weighted by atomic mass is 9.74. The van der Waals surface area contributed by atoms with Gasteiger partial charge in [0, 0.05) is 57.8 Å². The smallest absolute Gasteiger partial charge is 0.309 e. The van der Waals surface area contributed by atoms with E-state index in [0.29, 0.717) is 50.1 Å². The molecule has 6 amide bonds. The fourth-order valence-corrected chi connectivity index (χ4v) is 8.46. The molecule has 1 saturated heterocycles. The van der Waals surface area contributed by atoms with Crippen LogP contribution in [0.2, 0.25) is 0 Å². The van der Waals surface area contributed by atoms with Gasteiger partial charge in [0.2, 0.25) is 35.4 Å². The summed E-state index contributed by atoms with van der Waals surface area (Å²) in [7, 11) is 1.35. The van der Waals surface area contributed by atoms with Crippen molar-refractivity contribution in [2.75, 3.05) is 53.0 Å². The fourth-order valence-electron chi connectivity index (χ4n) is 8.46. The minimum Gasteiger partial charge on any atom is -0.469 e. The summed E-state index contributed by atoms with van der Waals surface area (Å²) in [5, 5.41) is 14.4. The van der Waals surface area contributed by atoms with Crippen LogP contribution in [0.25, 0.3) is 11.1 Å². The predicted molar refractivity (Wildman–Crippen MR) is 255 cm³/mol. The lowest BCUT2D eigenvalue weighted by Crippen LogP contribution is -2.58. The molecule has 4 aromatic carbocycles. The Balaban J connectivity index is 1.29. The number of fused-ring (bicyclic) bond motifs is 3. The summed E-state index contributed by atoms with van der Waals surface area (Å²) >= 11 is 0. The molecule has 0 aromatic heterocycles. The molecule has 2 aliphatic rings. The summed E-state index contributed by atoms with van der Waals surface area (Å²) in [6.45, 7) is 1.48. The second-order valence-corrected chi connectivity index (χ2v) is 17.1. The molecule has 0 saturated carbocycles. The number of carbonyl (C=O) groups excluding carboxylic acids is 7. The van der Waals surface area contributed by atoms with E-state index < -0.39 is 47.0 Å². The molecule has 16 nitrogen and oxygen atoms in total. The molecule has 16 heteroatoms. The number of piperidine rings is 1. The number of hydrogen-bond acceptors (Lipinski definition) is 10. The van der Waals surface area contributed by atoms with Crippen molar-refractivity contribution in [3.63, 3.8) is 0 Å². The number of nitrogens with two attached hydrogens (primary N) is 1. The van der Waals surface area contributed by atoms with E-state index in [0.717, 1.165) is 33.9 Å². The van der Waals surface area contributed by atoms with Gasteiger partial charge in [0.05, 0.1) is 38.6 Å². The predicted octanol–water partition coefficient (Wildman–Crippen LogP) is 2.46. The summed E-state index contributed by atoms with van der Waals surface area (Å²) in [6.07, 6.45) is 3.73. The van der Waals surface area contributed by atoms with Crippen molar-refractivity contribution in [1.82, 2.24) is 31.5 Å². The number of carbonyl (C=O) groups is 7. The first-order valence-corrected chi connectivity index (χ1v) is 23.0. The van der Waals surface area contributed by atoms with Crippen LogP contribution in [0, 0.1) is 5.41 Å². The molecule has 68 heavy (non-hydrogen) atoms. The van der Waals surface area contributed by atoms with E-state index in [4.69, 9.17) is 15.2 Å². The van der Waals surface area contributed by atoms with E-state index in [9.17, 15) is 33.6 Å². The van der Waals surface area contributed by atoms with Gasteiger partial charge >= 0.3 is 5.97 Å². The molecule has 4 aromatic rings. The molecule has 0 radical (unpaired) electrons. The zero-order valence-corrected chi connectivity index (χ0v) is 38.4. The first-order valence-electron chi connectivity index (χ1n) is 23.0. The first kappa shape index (κ1) is 50.2. The standard InChI is InChI=1S/C52H61N7O9/c1-67-48(63)31-37-14-18-40(19-15-37)39-16-12-36(13-17-39)30-44-50(65)56-34-42-11-6-5-10-41(42)32-46(61)57-43(49(64)55-26-29-68-28-24-53)22-25-54-45(60)20-21-47(62)59-27-7-23-52(35-59,51(66)58-44)33-38-8-3-2-4-9-38/h2-6,8-21,43-44H,7,22-35,53H2,1H3,(H,54,60)(H,55,64)(H,56,65)(H,57,61)(H,58,66)/b21-20+/t43-,44-,52-/m0/s1. The third kappa shape index (κ3) is 14.7. The highest BCUT2D eigenvalue weighted by atomic mass is 16.5. The molecule has 0 aliphatic carbocycles. The van der Waals surface area contributed by atoms with Gasteiger partial charge in [-0.05, 0) is 64.6 Å². The Kier molecular flexibility index (Phi) is 18.5. The second-order valence-electron chi connectivity index (χ2n) is 17.1. The van der Waals surface area contributed by atoms with Crippen molar-refractivity contribution in [3.8, 4) is 11.1 Å². The van der Waals surface area contributed by atoms with E-state index >= 15 is 0 Å². The van der Waals surface area contributed by atoms with Crippen LogP contribution >= 0.6 is 0 Å². The van der Waals surface area contributed by atoms with Crippen LogP contribution < -0.4 is 32.3 Å². The number of ether oxygens (including phenoxy) is 2. The van der Waals surface area contributed by atoms with E-state index in [1.54, 1.807) is 29.2 Å². The monoisotopic (exact) mass is 927 g/mol. The van der Waals surface area contributed by atoms with E-state index in [1.165, 1.54) is 13.2 Å². The molecule has 6 rings (SSSR count).